The van der Waals surface area contributed by atoms with Gasteiger partial charge in [0.1, 0.15) is 0 Å². The van der Waals surface area contributed by atoms with Crippen LogP contribution in [0.1, 0.15) is 51.5 Å². The normalized spacial score (nSPS) is 15.3. The minimum absolute atomic E-state index is 0.0591. The minimum Gasteiger partial charge on any atom is -0.385 e. The van der Waals surface area contributed by atoms with Crippen LogP contribution in [0.5, 0.6) is 0 Å². The lowest BCUT2D eigenvalue weighted by Gasteiger charge is -2.34. The van der Waals surface area contributed by atoms with Crippen LogP contribution in [0.3, 0.4) is 0 Å². The Bertz CT molecular complexity index is 640. The largest absolute Gasteiger partial charge is 0.385 e. The van der Waals surface area contributed by atoms with Gasteiger partial charge in [0.05, 0.1) is 12.6 Å². The van der Waals surface area contributed by atoms with Crippen LogP contribution in [-0.4, -0.2) is 62.8 Å². The van der Waals surface area contributed by atoms with Crippen molar-refractivity contribution in [3.05, 3.63) is 29.8 Å². The maximum Gasteiger partial charge on any atom is 0.224 e. The molecule has 168 valence electrons. The Balaban J connectivity index is 1.83. The number of nitrogens with zero attached hydrogens (tertiary/aromatic N) is 2. The summed E-state index contributed by atoms with van der Waals surface area (Å²) in [5, 5.41) is 6.33. The zero-order valence-electron chi connectivity index (χ0n) is 18.8. The number of methoxy groups -OCH3 is 1. The Hall–Kier alpha value is -2.12. The molecule has 30 heavy (non-hydrogen) atoms. The highest BCUT2D eigenvalue weighted by atomic mass is 16.5. The maximum absolute atomic E-state index is 11.7. The van der Waals surface area contributed by atoms with Gasteiger partial charge in [-0.15, -0.1) is 0 Å². The number of anilines is 1. The first-order chi connectivity index (χ1) is 14.7. The molecule has 2 rings (SSSR count). The molecule has 1 aromatic rings. The summed E-state index contributed by atoms with van der Waals surface area (Å²) in [5.74, 6) is 1.01. The quantitative estimate of drug-likeness (QED) is 0.327. The van der Waals surface area contributed by atoms with Gasteiger partial charge in [0.15, 0.2) is 5.96 Å². The third kappa shape index (κ3) is 8.71. The monoisotopic (exact) mass is 418 g/mol. The number of benzene rings is 1. The molecule has 0 aliphatic carbocycles. The summed E-state index contributed by atoms with van der Waals surface area (Å²) in [6.07, 6.45) is 4.71. The predicted octanol–water partition coefficient (Wildman–Crippen LogP) is 3.41. The molecule has 1 aliphatic heterocycles. The lowest BCUT2D eigenvalue weighted by Crippen LogP contribution is -2.47. The summed E-state index contributed by atoms with van der Waals surface area (Å²) in [4.78, 5) is 18.9. The summed E-state index contributed by atoms with van der Waals surface area (Å²) in [6, 6.07) is 7.93. The Kier molecular flexibility index (Phi) is 11.3. The van der Waals surface area contributed by atoms with Gasteiger partial charge in [-0.05, 0) is 50.3 Å². The van der Waals surface area contributed by atoms with Gasteiger partial charge in [-0.25, -0.2) is 4.99 Å². The molecule has 0 saturated carbocycles. The molecular weight excluding hydrogens is 380 g/mol. The van der Waals surface area contributed by atoms with Gasteiger partial charge in [-0.3, -0.25) is 4.79 Å². The van der Waals surface area contributed by atoms with E-state index < -0.39 is 0 Å². The van der Waals surface area contributed by atoms with Gasteiger partial charge in [0.25, 0.3) is 0 Å². The molecule has 0 aromatic heterocycles. The number of hydrogen-bond acceptors (Lipinski definition) is 4. The zero-order valence-corrected chi connectivity index (χ0v) is 18.8. The molecule has 0 spiro atoms. The van der Waals surface area contributed by atoms with Crippen molar-refractivity contribution in [3.8, 4) is 0 Å². The molecule has 0 radical (unpaired) electrons. The average Bonchev–Trinajstić information content (AvgIpc) is 2.76. The van der Waals surface area contributed by atoms with E-state index in [1.54, 1.807) is 7.11 Å². The van der Waals surface area contributed by atoms with E-state index in [0.717, 1.165) is 75.7 Å². The number of amides is 1. The van der Waals surface area contributed by atoms with Gasteiger partial charge >= 0.3 is 0 Å². The SMILES string of the molecule is CCCC(=O)Nc1ccc(CN=C(NCC)N2CCC(OCCCOC)CC2)cc1. The average molecular weight is 419 g/mol. The van der Waals surface area contributed by atoms with Crippen LogP contribution < -0.4 is 10.6 Å². The minimum atomic E-state index is 0.0591. The summed E-state index contributed by atoms with van der Waals surface area (Å²) < 4.78 is 11.0. The van der Waals surface area contributed by atoms with Crippen molar-refractivity contribution in [1.29, 1.82) is 0 Å². The molecule has 0 unspecified atom stereocenters. The van der Waals surface area contributed by atoms with Gasteiger partial charge in [0.2, 0.25) is 5.91 Å². The van der Waals surface area contributed by atoms with E-state index in [1.807, 2.05) is 31.2 Å². The van der Waals surface area contributed by atoms with Crippen LogP contribution in [0.25, 0.3) is 0 Å². The van der Waals surface area contributed by atoms with Crippen LogP contribution in [0, 0.1) is 0 Å². The topological polar surface area (TPSA) is 75.2 Å². The van der Waals surface area contributed by atoms with Gasteiger partial charge < -0.3 is 25.0 Å². The fourth-order valence-corrected chi connectivity index (χ4v) is 3.42. The summed E-state index contributed by atoms with van der Waals surface area (Å²) in [7, 11) is 1.72. The number of aliphatic imine (C=N–C) groups is 1. The summed E-state index contributed by atoms with van der Waals surface area (Å²) in [6.45, 7) is 8.96. The van der Waals surface area contributed by atoms with Crippen LogP contribution in [0.4, 0.5) is 5.69 Å². The maximum atomic E-state index is 11.7. The summed E-state index contributed by atoms with van der Waals surface area (Å²) in [5.41, 5.74) is 1.95. The van der Waals surface area contributed by atoms with Crippen molar-refractivity contribution >= 4 is 17.6 Å². The standard InChI is InChI=1S/C23H38N4O3/c1-4-7-22(28)26-20-10-8-19(9-11-20)18-25-23(24-5-2)27-14-12-21(13-15-27)30-17-6-16-29-3/h8-11,21H,4-7,12-18H2,1-3H3,(H,24,25)(H,26,28). The van der Waals surface area contributed by atoms with Crippen LogP contribution in [0.2, 0.25) is 0 Å². The van der Waals surface area contributed by atoms with Crippen LogP contribution in [0.15, 0.2) is 29.3 Å². The first kappa shape index (κ1) is 24.2. The second-order valence-electron chi connectivity index (χ2n) is 7.57. The van der Waals surface area contributed by atoms with E-state index in [9.17, 15) is 4.79 Å². The summed E-state index contributed by atoms with van der Waals surface area (Å²) >= 11 is 0. The number of piperidine rings is 1. The van der Waals surface area contributed by atoms with Crippen molar-refractivity contribution in [1.82, 2.24) is 10.2 Å². The molecule has 1 aliphatic rings. The van der Waals surface area contributed by atoms with E-state index >= 15 is 0 Å². The molecule has 1 amide bonds. The smallest absolute Gasteiger partial charge is 0.224 e. The third-order valence-corrected chi connectivity index (χ3v) is 5.05. The van der Waals surface area contributed by atoms with Gasteiger partial charge in [0, 0.05) is 52.1 Å². The number of hydrogen-bond donors (Lipinski definition) is 2. The molecule has 0 bridgehead atoms. The number of carbonyl (C=O) groups is 1. The van der Waals surface area contributed by atoms with Gasteiger partial charge in [-0.2, -0.15) is 0 Å². The first-order valence-electron chi connectivity index (χ1n) is 11.2. The third-order valence-electron chi connectivity index (χ3n) is 5.05. The van der Waals surface area contributed by atoms with Crippen molar-refractivity contribution < 1.29 is 14.3 Å². The van der Waals surface area contributed by atoms with Crippen molar-refractivity contribution in [3.63, 3.8) is 0 Å². The van der Waals surface area contributed by atoms with Crippen LogP contribution in [-0.2, 0) is 20.8 Å². The van der Waals surface area contributed by atoms with E-state index in [0.29, 0.717) is 19.1 Å². The van der Waals surface area contributed by atoms with Crippen LogP contribution >= 0.6 is 0 Å². The highest BCUT2D eigenvalue weighted by molar-refractivity contribution is 5.90. The Morgan fingerprint density at radius 3 is 2.53 bits per heavy atom. The molecule has 7 heteroatoms. The second kappa shape index (κ2) is 14.0. The molecule has 1 aromatic carbocycles. The lowest BCUT2D eigenvalue weighted by molar-refractivity contribution is -0.116. The first-order valence-corrected chi connectivity index (χ1v) is 11.2. The van der Waals surface area contributed by atoms with E-state index in [2.05, 4.69) is 22.5 Å². The van der Waals surface area contributed by atoms with Crippen molar-refractivity contribution in [2.75, 3.05) is 45.3 Å². The molecule has 0 atom stereocenters. The predicted molar refractivity (Wildman–Crippen MR) is 122 cm³/mol. The second-order valence-corrected chi connectivity index (χ2v) is 7.57. The van der Waals surface area contributed by atoms with E-state index in [4.69, 9.17) is 14.5 Å². The fraction of sp³-hybridized carbons (Fsp3) is 0.652. The number of rotatable bonds is 11. The number of guanidine groups is 1. The zero-order chi connectivity index (χ0) is 21.6. The lowest BCUT2D eigenvalue weighted by atomic mass is 10.1. The van der Waals surface area contributed by atoms with Gasteiger partial charge in [-0.1, -0.05) is 19.1 Å². The number of nitrogens with one attached hydrogen (secondary N) is 2. The van der Waals surface area contributed by atoms with E-state index in [-0.39, 0.29) is 5.91 Å². The molecule has 1 heterocycles. The number of ether oxygens (including phenoxy) is 2. The Morgan fingerprint density at radius 2 is 1.90 bits per heavy atom. The van der Waals surface area contributed by atoms with Crippen molar-refractivity contribution in [2.24, 2.45) is 4.99 Å². The van der Waals surface area contributed by atoms with E-state index in [1.165, 1.54) is 0 Å². The molecule has 1 saturated heterocycles. The Labute approximate surface area is 181 Å². The number of carbonyl (C=O) groups excluding carboxylic acids is 1. The number of likely N-dealkylation sites (tertiary alicyclic amines) is 1. The highest BCUT2D eigenvalue weighted by Gasteiger charge is 2.21. The molecular formula is C23H38N4O3. The highest BCUT2D eigenvalue weighted by Crippen LogP contribution is 2.15. The Morgan fingerprint density at radius 1 is 1.17 bits per heavy atom. The van der Waals surface area contributed by atoms with Crippen molar-refractivity contribution in [2.45, 2.75) is 58.6 Å². The molecule has 7 nitrogen and oxygen atoms in total. The molecule has 1 fully saturated rings. The fourth-order valence-electron chi connectivity index (χ4n) is 3.42. The molecule has 2 N–H and O–H groups in total.